The fourth-order valence-electron chi connectivity index (χ4n) is 8.71. The number of nitrogens with one attached hydrogen (secondary N) is 3. The normalized spacial score (nSPS) is 22.7. The number of rotatable bonds is 5. The lowest BCUT2D eigenvalue weighted by atomic mass is 9.72. The van der Waals surface area contributed by atoms with Crippen LogP contribution in [0.1, 0.15) is 68.5 Å². The maximum Gasteiger partial charge on any atom is 0.249 e. The molecule has 5 atom stereocenters. The van der Waals surface area contributed by atoms with Crippen LogP contribution in [0.3, 0.4) is 0 Å². The number of Topliss-reactive ketones (excluding diaryl/α,β-unsaturated/α-hetero) is 1. The number of aliphatic hydroxyl groups is 1. The molecule has 1 unspecified atom stereocenters. The highest BCUT2D eigenvalue weighted by atomic mass is 16.5. The maximum absolute atomic E-state index is 14.2. The van der Waals surface area contributed by atoms with Gasteiger partial charge in [-0.3, -0.25) is 9.59 Å². The van der Waals surface area contributed by atoms with Gasteiger partial charge in [-0.25, -0.2) is 9.97 Å². The summed E-state index contributed by atoms with van der Waals surface area (Å²) >= 11 is 0. The Morgan fingerprint density at radius 3 is 2.65 bits per heavy atom. The van der Waals surface area contributed by atoms with E-state index in [1.165, 1.54) is 0 Å². The van der Waals surface area contributed by atoms with E-state index in [0.717, 1.165) is 50.0 Å². The average molecular weight is 696 g/mol. The summed E-state index contributed by atoms with van der Waals surface area (Å²) in [6, 6.07) is 17.8. The molecule has 262 valence electrons. The number of fused-ring (bicyclic) bond motifs is 7. The lowest BCUT2D eigenvalue weighted by molar-refractivity contribution is -0.135. The topological polar surface area (TPSA) is 156 Å². The van der Waals surface area contributed by atoms with Gasteiger partial charge in [-0.1, -0.05) is 70.2 Å². The molecule has 11 nitrogen and oxygen atoms in total. The van der Waals surface area contributed by atoms with Crippen LogP contribution in [0.25, 0.3) is 44.9 Å². The van der Waals surface area contributed by atoms with Crippen molar-refractivity contribution in [3.8, 4) is 39.8 Å². The van der Waals surface area contributed by atoms with E-state index in [1.807, 2.05) is 44.3 Å². The van der Waals surface area contributed by atoms with Gasteiger partial charge >= 0.3 is 0 Å². The number of ketones is 1. The van der Waals surface area contributed by atoms with Crippen LogP contribution in [0.2, 0.25) is 0 Å². The number of anilines is 1. The molecule has 0 fully saturated rings. The third-order valence-electron chi connectivity index (χ3n) is 11.3. The fraction of sp³-hybridized carbons (Fsp3) is 0.317. The van der Waals surface area contributed by atoms with Gasteiger partial charge < -0.3 is 34.3 Å². The van der Waals surface area contributed by atoms with Crippen LogP contribution in [-0.2, 0) is 21.4 Å². The first-order valence-electron chi connectivity index (χ1n) is 17.9. The summed E-state index contributed by atoms with van der Waals surface area (Å²) in [5.41, 5.74) is 6.80. The van der Waals surface area contributed by atoms with Crippen molar-refractivity contribution in [1.82, 2.24) is 20.3 Å². The number of hydrogen-bond acceptors (Lipinski definition) is 9. The molecular formula is C41H37N5O6. The quantitative estimate of drug-likeness (QED) is 0.151. The van der Waals surface area contributed by atoms with Gasteiger partial charge in [0, 0.05) is 57.4 Å². The average Bonchev–Trinajstić information content (AvgIpc) is 3.95. The Balaban J connectivity index is 1.28. The molecule has 3 aromatic heterocycles. The summed E-state index contributed by atoms with van der Waals surface area (Å²) in [6.07, 6.45) is 2.03. The van der Waals surface area contributed by atoms with Crippen molar-refractivity contribution in [2.24, 2.45) is 17.8 Å². The van der Waals surface area contributed by atoms with Crippen molar-refractivity contribution in [1.29, 1.82) is 0 Å². The number of carbonyl (C=O) groups excluding carboxylic acids is 2. The lowest BCUT2D eigenvalue weighted by Gasteiger charge is -2.28. The van der Waals surface area contributed by atoms with Crippen LogP contribution < -0.4 is 15.4 Å². The Kier molecular flexibility index (Phi) is 6.52. The number of benzene rings is 3. The van der Waals surface area contributed by atoms with E-state index in [4.69, 9.17) is 23.5 Å². The number of aliphatic hydroxyl groups excluding tert-OH is 1. The van der Waals surface area contributed by atoms with Crippen molar-refractivity contribution in [3.05, 3.63) is 95.3 Å². The molecule has 0 radical (unpaired) electrons. The van der Waals surface area contributed by atoms with E-state index in [2.05, 4.69) is 45.9 Å². The van der Waals surface area contributed by atoms with Gasteiger partial charge in [0.05, 0.1) is 6.20 Å². The predicted molar refractivity (Wildman–Crippen MR) is 192 cm³/mol. The van der Waals surface area contributed by atoms with E-state index < -0.39 is 29.7 Å². The van der Waals surface area contributed by atoms with Crippen LogP contribution >= 0.6 is 0 Å². The Morgan fingerprint density at radius 2 is 1.83 bits per heavy atom. The highest BCUT2D eigenvalue weighted by Crippen LogP contribution is 2.61. The zero-order valence-electron chi connectivity index (χ0n) is 29.1. The Hall–Kier alpha value is -5.68. The first kappa shape index (κ1) is 31.1. The number of hydrogen-bond donors (Lipinski definition) is 4. The largest absolute Gasteiger partial charge is 0.469 e. The molecule has 4 aliphatic rings. The molecule has 0 saturated heterocycles. The van der Waals surface area contributed by atoms with Crippen molar-refractivity contribution in [2.75, 3.05) is 5.32 Å². The summed E-state index contributed by atoms with van der Waals surface area (Å²) in [7, 11) is 0. The van der Waals surface area contributed by atoms with Crippen molar-refractivity contribution >= 4 is 28.3 Å². The molecule has 6 aromatic rings. The van der Waals surface area contributed by atoms with Crippen LogP contribution in [0.4, 0.5) is 5.69 Å². The number of oxazole rings is 2. The van der Waals surface area contributed by atoms with E-state index in [0.29, 0.717) is 28.9 Å². The summed E-state index contributed by atoms with van der Waals surface area (Å²) in [6.45, 7) is 7.56. The fourth-order valence-corrected chi connectivity index (χ4v) is 8.71. The van der Waals surface area contributed by atoms with E-state index in [-0.39, 0.29) is 42.3 Å². The molecule has 10 bridgehead atoms. The molecule has 1 amide bonds. The molecule has 0 aliphatic carbocycles. The molecule has 7 heterocycles. The number of aromatic nitrogens is 3. The summed E-state index contributed by atoms with van der Waals surface area (Å²) in [4.78, 5) is 40.9. The van der Waals surface area contributed by atoms with E-state index in [9.17, 15) is 14.7 Å². The lowest BCUT2D eigenvalue weighted by Crippen LogP contribution is -2.41. The summed E-state index contributed by atoms with van der Waals surface area (Å²) in [5, 5.41) is 18.6. The minimum atomic E-state index is -1.17. The second kappa shape index (κ2) is 10.9. The monoisotopic (exact) mass is 695 g/mol. The number of para-hydroxylation sites is 1. The van der Waals surface area contributed by atoms with Gasteiger partial charge in [-0.15, -0.1) is 0 Å². The molecule has 0 saturated carbocycles. The standard InChI is InChI=1S/C41H37N5O6/c1-18(2)32-39-45-34-36(52-39)41-25-9-5-8-23(22-7-6-10-27-31(22)24(16-42-27)30-17-43-38(34)50-30)33(25)46-40(41)51-29-12-11-20(14-26(29)41)13-21(37(49)44-32)15-28(47)35(48)19(3)4/h5-12,14,16-19,21,32,35,40,42,46,48H,13,15H2,1-4H3,(H,44,49)/t21-,32+,35+,40?,41+/m1/s1. The van der Waals surface area contributed by atoms with E-state index >= 15 is 0 Å². The third-order valence-corrected chi connectivity index (χ3v) is 11.3. The zero-order valence-corrected chi connectivity index (χ0v) is 29.1. The molecular weight excluding hydrogens is 658 g/mol. The number of carbonyl (C=O) groups is 2. The summed E-state index contributed by atoms with van der Waals surface area (Å²) < 4.78 is 20.4. The second-order valence-corrected chi connectivity index (χ2v) is 15.2. The minimum Gasteiger partial charge on any atom is -0.469 e. The maximum atomic E-state index is 14.2. The van der Waals surface area contributed by atoms with Gasteiger partial charge in [-0.05, 0) is 41.5 Å². The first-order chi connectivity index (χ1) is 25.1. The summed E-state index contributed by atoms with van der Waals surface area (Å²) in [5.74, 6) is 0.482. The van der Waals surface area contributed by atoms with E-state index in [1.54, 1.807) is 20.0 Å². The molecule has 4 aliphatic heterocycles. The van der Waals surface area contributed by atoms with Gasteiger partial charge in [-0.2, -0.15) is 0 Å². The molecule has 11 heteroatoms. The molecule has 1 spiro atoms. The number of aromatic amines is 1. The molecule has 4 N–H and O–H groups in total. The Morgan fingerprint density at radius 1 is 1.00 bits per heavy atom. The van der Waals surface area contributed by atoms with Crippen LogP contribution in [0.15, 0.2) is 75.8 Å². The van der Waals surface area contributed by atoms with Gasteiger partial charge in [0.1, 0.15) is 23.3 Å². The number of H-pyrrole nitrogens is 1. The molecule has 3 aromatic carbocycles. The highest BCUT2D eigenvalue weighted by Gasteiger charge is 2.61. The number of ether oxygens (including phenoxy) is 1. The van der Waals surface area contributed by atoms with Gasteiger partial charge in [0.15, 0.2) is 29.2 Å². The van der Waals surface area contributed by atoms with Crippen molar-refractivity contribution < 1.29 is 28.3 Å². The smallest absolute Gasteiger partial charge is 0.249 e. The Bertz CT molecular complexity index is 2470. The van der Waals surface area contributed by atoms with Crippen LogP contribution in [-0.4, -0.2) is 44.1 Å². The SMILES string of the molecule is CC(C)[C@H](O)C(=O)C[C@H]1Cc2ccc3c(c2)[C@]24c5cccc(c5NC2O3)-c2cccc3[nH]cc(c23)-c2cnc(o2)-c2nc(oc24)[C@H](C(C)C)NC1=O. The first-order valence-corrected chi connectivity index (χ1v) is 17.9. The highest BCUT2D eigenvalue weighted by molar-refractivity contribution is 6.07. The number of amides is 1. The van der Waals surface area contributed by atoms with Crippen molar-refractivity contribution in [3.63, 3.8) is 0 Å². The predicted octanol–water partition coefficient (Wildman–Crippen LogP) is 6.90. The number of nitrogens with zero attached hydrogens (tertiary/aromatic N) is 2. The molecule has 52 heavy (non-hydrogen) atoms. The van der Waals surface area contributed by atoms with Gasteiger partial charge in [0.2, 0.25) is 17.7 Å². The zero-order chi connectivity index (χ0) is 35.6. The van der Waals surface area contributed by atoms with Crippen LogP contribution in [0.5, 0.6) is 5.75 Å². The van der Waals surface area contributed by atoms with Crippen molar-refractivity contribution in [2.45, 2.75) is 64.3 Å². The van der Waals surface area contributed by atoms with Gasteiger partial charge in [0.25, 0.3) is 0 Å². The molecule has 10 rings (SSSR count). The third kappa shape index (κ3) is 4.16. The Labute approximate surface area is 298 Å². The second-order valence-electron chi connectivity index (χ2n) is 15.2. The van der Waals surface area contributed by atoms with Crippen LogP contribution in [0, 0.1) is 17.8 Å². The minimum absolute atomic E-state index is 0.113.